The summed E-state index contributed by atoms with van der Waals surface area (Å²) >= 11 is 1.76. The number of aliphatic imine (C=N–C) groups is 1. The van der Waals surface area contributed by atoms with Crippen LogP contribution in [0.25, 0.3) is 0 Å². The van der Waals surface area contributed by atoms with Gasteiger partial charge in [0.1, 0.15) is 5.01 Å². The number of hydrogen-bond donors (Lipinski definition) is 2. The molecule has 0 spiro atoms. The maximum Gasteiger partial charge on any atom is 0.191 e. The van der Waals surface area contributed by atoms with Crippen molar-refractivity contribution >= 4 is 41.3 Å². The molecule has 2 N–H and O–H groups in total. The van der Waals surface area contributed by atoms with Gasteiger partial charge in [-0.1, -0.05) is 19.8 Å². The zero-order chi connectivity index (χ0) is 17.7. The molecule has 1 fully saturated rings. The number of nitrogens with one attached hydrogen (secondary N) is 2. The van der Waals surface area contributed by atoms with Gasteiger partial charge >= 0.3 is 0 Å². The van der Waals surface area contributed by atoms with Gasteiger partial charge in [-0.3, -0.25) is 0 Å². The van der Waals surface area contributed by atoms with Crippen molar-refractivity contribution < 1.29 is 0 Å². The first-order chi connectivity index (χ1) is 12.3. The van der Waals surface area contributed by atoms with Crippen LogP contribution in [-0.2, 0) is 13.0 Å². The molecule has 1 aliphatic heterocycles. The number of hydrogen-bond acceptors (Lipinski definition) is 4. The van der Waals surface area contributed by atoms with Crippen LogP contribution in [0.2, 0.25) is 0 Å². The molecule has 0 radical (unpaired) electrons. The molecule has 0 aromatic carbocycles. The number of halogens is 1. The Hall–Kier alpha value is -0.410. The molecular formula is C19H36IN5S. The van der Waals surface area contributed by atoms with Crippen molar-refractivity contribution in [3.05, 3.63) is 16.1 Å². The van der Waals surface area contributed by atoms with Gasteiger partial charge in [-0.05, 0) is 58.7 Å². The molecule has 7 heteroatoms. The first kappa shape index (κ1) is 23.6. The maximum absolute atomic E-state index is 4.66. The van der Waals surface area contributed by atoms with Crippen molar-refractivity contribution in [3.63, 3.8) is 0 Å². The van der Waals surface area contributed by atoms with Crippen LogP contribution in [0.1, 0.15) is 62.3 Å². The average molecular weight is 494 g/mol. The zero-order valence-corrected chi connectivity index (χ0v) is 19.6. The number of aryl methyl sites for hydroxylation is 1. The Morgan fingerprint density at radius 2 is 1.96 bits per heavy atom. The molecule has 2 rings (SSSR count). The second-order valence-corrected chi connectivity index (χ2v) is 7.86. The zero-order valence-electron chi connectivity index (χ0n) is 16.4. The Morgan fingerprint density at radius 1 is 1.15 bits per heavy atom. The number of likely N-dealkylation sites (tertiary alicyclic amines) is 1. The standard InChI is InChI=1S/C19H35N5S.HI/c1-3-17-15-22-18(25-17)16-23-19(20-4-2)21-11-7-5-8-12-24-13-9-6-10-14-24;/h15H,3-14,16H2,1-2H3,(H2,20,21,23);1H. The van der Waals surface area contributed by atoms with Gasteiger partial charge in [0, 0.05) is 24.2 Å². The summed E-state index contributed by atoms with van der Waals surface area (Å²) in [7, 11) is 0. The molecular weight excluding hydrogens is 457 g/mol. The van der Waals surface area contributed by atoms with Crippen molar-refractivity contribution in [2.45, 2.75) is 65.3 Å². The second kappa shape index (κ2) is 14.6. The van der Waals surface area contributed by atoms with E-state index in [1.165, 1.54) is 63.0 Å². The van der Waals surface area contributed by atoms with E-state index in [1.54, 1.807) is 11.3 Å². The molecule has 150 valence electrons. The predicted molar refractivity (Wildman–Crippen MR) is 124 cm³/mol. The molecule has 5 nitrogen and oxygen atoms in total. The third-order valence-electron chi connectivity index (χ3n) is 4.56. The van der Waals surface area contributed by atoms with Crippen LogP contribution in [0.5, 0.6) is 0 Å². The Labute approximate surface area is 180 Å². The van der Waals surface area contributed by atoms with Crippen LogP contribution >= 0.6 is 35.3 Å². The summed E-state index contributed by atoms with van der Waals surface area (Å²) in [4.78, 5) is 13.0. The summed E-state index contributed by atoms with van der Waals surface area (Å²) in [6.07, 6.45) is 11.0. The first-order valence-corrected chi connectivity index (χ1v) is 10.8. The smallest absolute Gasteiger partial charge is 0.191 e. The predicted octanol–water partition coefficient (Wildman–Crippen LogP) is 4.03. The molecule has 2 heterocycles. The van der Waals surface area contributed by atoms with Gasteiger partial charge in [0.15, 0.2) is 5.96 Å². The monoisotopic (exact) mass is 493 g/mol. The third kappa shape index (κ3) is 9.50. The van der Waals surface area contributed by atoms with Gasteiger partial charge in [-0.25, -0.2) is 9.98 Å². The van der Waals surface area contributed by atoms with Gasteiger partial charge in [-0.15, -0.1) is 35.3 Å². The molecule has 0 saturated carbocycles. The number of unbranched alkanes of at least 4 members (excludes halogenated alkanes) is 2. The molecule has 26 heavy (non-hydrogen) atoms. The summed E-state index contributed by atoms with van der Waals surface area (Å²) in [6, 6.07) is 0. The number of rotatable bonds is 10. The summed E-state index contributed by atoms with van der Waals surface area (Å²) in [5.74, 6) is 0.909. The number of guanidine groups is 1. The van der Waals surface area contributed by atoms with E-state index in [9.17, 15) is 0 Å². The first-order valence-electron chi connectivity index (χ1n) is 10.00. The minimum absolute atomic E-state index is 0. The highest BCUT2D eigenvalue weighted by Gasteiger charge is 2.08. The minimum atomic E-state index is 0. The van der Waals surface area contributed by atoms with E-state index in [0.717, 1.165) is 30.5 Å². The highest BCUT2D eigenvalue weighted by atomic mass is 127. The van der Waals surface area contributed by atoms with Gasteiger partial charge in [0.2, 0.25) is 0 Å². The lowest BCUT2D eigenvalue weighted by Crippen LogP contribution is -2.37. The normalized spacial score (nSPS) is 15.5. The quantitative estimate of drug-likeness (QED) is 0.224. The van der Waals surface area contributed by atoms with Crippen molar-refractivity contribution in [1.82, 2.24) is 20.5 Å². The minimum Gasteiger partial charge on any atom is -0.357 e. The van der Waals surface area contributed by atoms with E-state index in [2.05, 4.69) is 39.4 Å². The topological polar surface area (TPSA) is 52.6 Å². The second-order valence-electron chi connectivity index (χ2n) is 6.66. The summed E-state index contributed by atoms with van der Waals surface area (Å²) in [6.45, 7) is 10.7. The van der Waals surface area contributed by atoms with Gasteiger partial charge in [0.25, 0.3) is 0 Å². The number of aromatic nitrogens is 1. The van der Waals surface area contributed by atoms with E-state index < -0.39 is 0 Å². The maximum atomic E-state index is 4.66. The number of piperidine rings is 1. The van der Waals surface area contributed by atoms with E-state index in [-0.39, 0.29) is 24.0 Å². The Morgan fingerprint density at radius 3 is 2.65 bits per heavy atom. The molecule has 0 bridgehead atoms. The number of nitrogens with zero attached hydrogens (tertiary/aromatic N) is 3. The van der Waals surface area contributed by atoms with E-state index >= 15 is 0 Å². The van der Waals surface area contributed by atoms with Crippen LogP contribution in [0.15, 0.2) is 11.2 Å². The van der Waals surface area contributed by atoms with Crippen molar-refractivity contribution in [2.75, 3.05) is 32.7 Å². The fourth-order valence-electron chi connectivity index (χ4n) is 3.10. The lowest BCUT2D eigenvalue weighted by Gasteiger charge is -2.26. The lowest BCUT2D eigenvalue weighted by atomic mass is 10.1. The van der Waals surface area contributed by atoms with Crippen molar-refractivity contribution in [2.24, 2.45) is 4.99 Å². The average Bonchev–Trinajstić information content (AvgIpc) is 3.11. The van der Waals surface area contributed by atoms with Crippen molar-refractivity contribution in [3.8, 4) is 0 Å². The van der Waals surface area contributed by atoms with Crippen molar-refractivity contribution in [1.29, 1.82) is 0 Å². The number of thiazole rings is 1. The summed E-state index contributed by atoms with van der Waals surface area (Å²) in [5, 5.41) is 7.87. The molecule has 1 saturated heterocycles. The Balaban J connectivity index is 0.00000338. The van der Waals surface area contributed by atoms with Crippen LogP contribution in [0.4, 0.5) is 0 Å². The van der Waals surface area contributed by atoms with Crippen LogP contribution in [0.3, 0.4) is 0 Å². The fraction of sp³-hybridized carbons (Fsp3) is 0.789. The molecule has 0 unspecified atom stereocenters. The van der Waals surface area contributed by atoms with Gasteiger partial charge < -0.3 is 15.5 Å². The highest BCUT2D eigenvalue weighted by Crippen LogP contribution is 2.14. The largest absolute Gasteiger partial charge is 0.357 e. The summed E-state index contributed by atoms with van der Waals surface area (Å²) < 4.78 is 0. The molecule has 1 aliphatic rings. The van der Waals surface area contributed by atoms with E-state index in [0.29, 0.717) is 6.54 Å². The fourth-order valence-corrected chi connectivity index (χ4v) is 3.89. The van der Waals surface area contributed by atoms with Crippen LogP contribution < -0.4 is 10.6 Å². The van der Waals surface area contributed by atoms with Gasteiger partial charge in [-0.2, -0.15) is 0 Å². The van der Waals surface area contributed by atoms with E-state index in [1.807, 2.05) is 6.20 Å². The molecule has 1 aromatic rings. The van der Waals surface area contributed by atoms with Crippen LogP contribution in [0, 0.1) is 0 Å². The molecule has 0 atom stereocenters. The van der Waals surface area contributed by atoms with Crippen LogP contribution in [-0.4, -0.2) is 48.6 Å². The highest BCUT2D eigenvalue weighted by molar-refractivity contribution is 14.0. The molecule has 0 aliphatic carbocycles. The lowest BCUT2D eigenvalue weighted by molar-refractivity contribution is 0.224. The Kier molecular flexibility index (Phi) is 13.3. The SMILES string of the molecule is CCNC(=NCc1ncc(CC)s1)NCCCCCN1CCCCC1.I. The molecule has 1 aromatic heterocycles. The third-order valence-corrected chi connectivity index (χ3v) is 5.69. The van der Waals surface area contributed by atoms with E-state index in [4.69, 9.17) is 0 Å². The Bertz CT molecular complexity index is 500. The molecule has 0 amide bonds. The van der Waals surface area contributed by atoms with Gasteiger partial charge in [0.05, 0.1) is 6.54 Å². The summed E-state index contributed by atoms with van der Waals surface area (Å²) in [5.41, 5.74) is 0.